The Labute approximate surface area is 115 Å². The van der Waals surface area contributed by atoms with Crippen LogP contribution >= 0.6 is 11.8 Å². The van der Waals surface area contributed by atoms with Crippen LogP contribution in [0.5, 0.6) is 0 Å². The number of fused-ring (bicyclic) bond motifs is 1. The number of aliphatic imine (C=N–C) groups is 1. The number of rotatable bonds is 2. The summed E-state index contributed by atoms with van der Waals surface area (Å²) in [6, 6.07) is 0.737. The standard InChI is InChI=1S/C15H26N2S/c1-11-6-7-12(8-11)9-16-15-17-14-5-3-2-4-13(14)10-18-15/h11-14H,2-10H2,1H3,(H,16,17). The Bertz CT molecular complexity index is 316. The average Bonchev–Trinajstić information content (AvgIpc) is 2.82. The molecule has 0 spiro atoms. The Kier molecular flexibility index (Phi) is 4.17. The SMILES string of the molecule is CC1CCC(CN=C2NC3CCCCC3CS2)C1. The number of nitrogens with one attached hydrogen (secondary N) is 1. The molecule has 0 aromatic carbocycles. The number of thioether (sulfide) groups is 1. The molecule has 18 heavy (non-hydrogen) atoms. The molecule has 2 saturated carbocycles. The van der Waals surface area contributed by atoms with Gasteiger partial charge in [0.2, 0.25) is 0 Å². The lowest BCUT2D eigenvalue weighted by molar-refractivity contribution is 0.311. The van der Waals surface area contributed by atoms with Crippen molar-refractivity contribution in [2.45, 2.75) is 57.9 Å². The molecule has 3 rings (SSSR count). The van der Waals surface area contributed by atoms with Gasteiger partial charge >= 0.3 is 0 Å². The Hall–Kier alpha value is -0.180. The molecule has 3 heteroatoms. The van der Waals surface area contributed by atoms with Crippen molar-refractivity contribution >= 4 is 16.9 Å². The maximum atomic E-state index is 4.86. The Morgan fingerprint density at radius 2 is 2.11 bits per heavy atom. The van der Waals surface area contributed by atoms with Gasteiger partial charge in [0.15, 0.2) is 5.17 Å². The zero-order chi connectivity index (χ0) is 12.4. The minimum Gasteiger partial charge on any atom is -0.362 e. The van der Waals surface area contributed by atoms with E-state index in [-0.39, 0.29) is 0 Å². The van der Waals surface area contributed by atoms with E-state index < -0.39 is 0 Å². The lowest BCUT2D eigenvalue weighted by Crippen LogP contribution is -2.46. The molecule has 0 radical (unpaired) electrons. The third-order valence-corrected chi connectivity index (χ3v) is 6.06. The van der Waals surface area contributed by atoms with Crippen LogP contribution in [0.4, 0.5) is 0 Å². The lowest BCUT2D eigenvalue weighted by Gasteiger charge is -2.37. The molecular weight excluding hydrogens is 240 g/mol. The summed E-state index contributed by atoms with van der Waals surface area (Å²) in [5.74, 6) is 4.01. The molecule has 4 atom stereocenters. The predicted molar refractivity (Wildman–Crippen MR) is 80.1 cm³/mol. The normalized spacial score (nSPS) is 42.6. The second-order valence-corrected chi connectivity index (χ2v) is 7.55. The molecule has 1 saturated heterocycles. The van der Waals surface area contributed by atoms with E-state index >= 15 is 0 Å². The topological polar surface area (TPSA) is 24.4 Å². The van der Waals surface area contributed by atoms with Crippen molar-refractivity contribution in [3.05, 3.63) is 0 Å². The quantitative estimate of drug-likeness (QED) is 0.824. The van der Waals surface area contributed by atoms with Crippen LogP contribution in [0.2, 0.25) is 0 Å². The highest BCUT2D eigenvalue weighted by Gasteiger charge is 2.30. The fraction of sp³-hybridized carbons (Fsp3) is 0.933. The van der Waals surface area contributed by atoms with E-state index in [0.29, 0.717) is 0 Å². The van der Waals surface area contributed by atoms with E-state index in [4.69, 9.17) is 4.99 Å². The first-order chi connectivity index (χ1) is 8.81. The lowest BCUT2D eigenvalue weighted by atomic mass is 9.86. The van der Waals surface area contributed by atoms with Gasteiger partial charge in [-0.3, -0.25) is 4.99 Å². The third kappa shape index (κ3) is 3.04. The zero-order valence-electron chi connectivity index (χ0n) is 11.5. The van der Waals surface area contributed by atoms with Gasteiger partial charge in [0, 0.05) is 18.3 Å². The van der Waals surface area contributed by atoms with E-state index in [1.54, 1.807) is 0 Å². The van der Waals surface area contributed by atoms with Gasteiger partial charge < -0.3 is 5.32 Å². The maximum Gasteiger partial charge on any atom is 0.156 e. The summed E-state index contributed by atoms with van der Waals surface area (Å²) in [6.07, 6.45) is 9.86. The fourth-order valence-corrected chi connectivity index (χ4v) is 4.95. The second-order valence-electron chi connectivity index (χ2n) is 6.54. The van der Waals surface area contributed by atoms with Gasteiger partial charge in [-0.1, -0.05) is 37.9 Å². The Morgan fingerprint density at radius 3 is 2.94 bits per heavy atom. The van der Waals surface area contributed by atoms with Crippen LogP contribution in [0.15, 0.2) is 4.99 Å². The summed E-state index contributed by atoms with van der Waals surface area (Å²) in [5.41, 5.74) is 0. The van der Waals surface area contributed by atoms with E-state index in [0.717, 1.165) is 30.3 Å². The summed E-state index contributed by atoms with van der Waals surface area (Å²) < 4.78 is 0. The molecule has 1 heterocycles. The van der Waals surface area contributed by atoms with Crippen LogP contribution in [-0.2, 0) is 0 Å². The number of hydrogen-bond donors (Lipinski definition) is 1. The summed E-state index contributed by atoms with van der Waals surface area (Å²) in [5, 5.41) is 4.95. The van der Waals surface area contributed by atoms with Crippen LogP contribution < -0.4 is 5.32 Å². The van der Waals surface area contributed by atoms with E-state index in [9.17, 15) is 0 Å². The van der Waals surface area contributed by atoms with Gasteiger partial charge in [-0.2, -0.15) is 0 Å². The van der Waals surface area contributed by atoms with Crippen LogP contribution in [0.3, 0.4) is 0 Å². The van der Waals surface area contributed by atoms with E-state index in [1.807, 2.05) is 11.8 Å². The van der Waals surface area contributed by atoms with Crippen molar-refractivity contribution in [1.82, 2.24) is 5.32 Å². The summed E-state index contributed by atoms with van der Waals surface area (Å²) in [4.78, 5) is 4.86. The first-order valence-corrected chi connectivity index (χ1v) is 8.73. The molecule has 0 bridgehead atoms. The molecule has 102 valence electrons. The Balaban J connectivity index is 1.50. The number of nitrogens with zero attached hydrogens (tertiary/aromatic N) is 1. The highest BCUT2D eigenvalue weighted by Crippen LogP contribution is 2.33. The summed E-state index contributed by atoms with van der Waals surface area (Å²) in [6.45, 7) is 3.45. The molecule has 1 aliphatic heterocycles. The smallest absolute Gasteiger partial charge is 0.156 e. The van der Waals surface area contributed by atoms with Crippen LogP contribution in [0, 0.1) is 17.8 Å². The minimum atomic E-state index is 0.737. The van der Waals surface area contributed by atoms with Gasteiger partial charge in [0.05, 0.1) is 0 Å². The molecule has 0 aromatic rings. The van der Waals surface area contributed by atoms with Crippen molar-refractivity contribution in [2.75, 3.05) is 12.3 Å². The second kappa shape index (κ2) is 5.85. The zero-order valence-corrected chi connectivity index (χ0v) is 12.3. The molecule has 2 aliphatic carbocycles. The van der Waals surface area contributed by atoms with E-state index in [1.165, 1.54) is 55.9 Å². The summed E-state index contributed by atoms with van der Waals surface area (Å²) >= 11 is 1.97. The minimum absolute atomic E-state index is 0.737. The van der Waals surface area contributed by atoms with Crippen molar-refractivity contribution in [1.29, 1.82) is 0 Å². The number of hydrogen-bond acceptors (Lipinski definition) is 2. The third-order valence-electron chi connectivity index (χ3n) is 4.95. The molecule has 3 aliphatic rings. The van der Waals surface area contributed by atoms with Crippen molar-refractivity contribution in [3.63, 3.8) is 0 Å². The summed E-state index contributed by atoms with van der Waals surface area (Å²) in [7, 11) is 0. The largest absolute Gasteiger partial charge is 0.362 e. The first kappa shape index (κ1) is 12.8. The monoisotopic (exact) mass is 266 g/mol. The van der Waals surface area contributed by atoms with Gasteiger partial charge in [0.25, 0.3) is 0 Å². The van der Waals surface area contributed by atoms with Crippen LogP contribution in [0.1, 0.15) is 51.9 Å². The van der Waals surface area contributed by atoms with E-state index in [2.05, 4.69) is 12.2 Å². The molecule has 2 nitrogen and oxygen atoms in total. The molecule has 0 aromatic heterocycles. The average molecular weight is 266 g/mol. The van der Waals surface area contributed by atoms with Crippen molar-refractivity contribution in [3.8, 4) is 0 Å². The van der Waals surface area contributed by atoms with Crippen LogP contribution in [0.25, 0.3) is 0 Å². The fourth-order valence-electron chi connectivity index (χ4n) is 3.78. The van der Waals surface area contributed by atoms with Gasteiger partial charge in [-0.15, -0.1) is 0 Å². The molecule has 3 fully saturated rings. The first-order valence-electron chi connectivity index (χ1n) is 7.75. The highest BCUT2D eigenvalue weighted by molar-refractivity contribution is 8.13. The maximum absolute atomic E-state index is 4.86. The van der Waals surface area contributed by atoms with Gasteiger partial charge in [-0.05, 0) is 43.4 Å². The van der Waals surface area contributed by atoms with Crippen molar-refractivity contribution in [2.24, 2.45) is 22.7 Å². The highest BCUT2D eigenvalue weighted by atomic mass is 32.2. The molecular formula is C15H26N2S. The Morgan fingerprint density at radius 1 is 1.22 bits per heavy atom. The predicted octanol–water partition coefficient (Wildman–Crippen LogP) is 3.67. The van der Waals surface area contributed by atoms with Gasteiger partial charge in [-0.25, -0.2) is 0 Å². The molecule has 4 unspecified atom stereocenters. The number of amidine groups is 1. The van der Waals surface area contributed by atoms with Crippen LogP contribution in [-0.4, -0.2) is 23.5 Å². The van der Waals surface area contributed by atoms with Crippen molar-refractivity contribution < 1.29 is 0 Å². The van der Waals surface area contributed by atoms with Gasteiger partial charge in [0.1, 0.15) is 0 Å². The molecule has 0 amide bonds. The molecule has 1 N–H and O–H groups in total.